The van der Waals surface area contributed by atoms with Gasteiger partial charge in [-0.05, 0) is 12.2 Å². The van der Waals surface area contributed by atoms with Crippen molar-refractivity contribution in [3.63, 3.8) is 0 Å². The zero-order chi connectivity index (χ0) is 6.85. The van der Waals surface area contributed by atoms with Crippen LogP contribution in [0.5, 0.6) is 0 Å². The van der Waals surface area contributed by atoms with Gasteiger partial charge in [0.25, 0.3) is 0 Å². The van der Waals surface area contributed by atoms with E-state index in [9.17, 15) is 4.79 Å². The van der Waals surface area contributed by atoms with E-state index in [4.69, 9.17) is 5.73 Å². The molecule has 1 unspecified atom stereocenters. The topological polar surface area (TPSA) is 43.1 Å². The molecule has 0 aromatic rings. The fraction of sp³-hybridized carbons (Fsp3) is 0.286. The van der Waals surface area contributed by atoms with Crippen molar-refractivity contribution in [2.75, 3.05) is 0 Å². The van der Waals surface area contributed by atoms with E-state index < -0.39 is 0 Å². The molecular formula is C7H9NO. The SMILES string of the molecule is CC1C=C(N)C=CC1=O. The van der Waals surface area contributed by atoms with Crippen molar-refractivity contribution in [2.45, 2.75) is 6.92 Å². The van der Waals surface area contributed by atoms with E-state index >= 15 is 0 Å². The first-order chi connectivity index (χ1) is 4.20. The standard InChI is InChI=1S/C7H9NO/c1-5-4-6(8)2-3-7(5)9/h2-5H,8H2,1H3. The van der Waals surface area contributed by atoms with E-state index in [0.717, 1.165) is 0 Å². The second-order valence-corrected chi connectivity index (χ2v) is 2.19. The Bertz CT molecular complexity index is 191. The van der Waals surface area contributed by atoms with E-state index in [1.165, 1.54) is 6.08 Å². The van der Waals surface area contributed by atoms with E-state index in [-0.39, 0.29) is 11.7 Å². The van der Waals surface area contributed by atoms with Crippen LogP contribution < -0.4 is 5.73 Å². The summed E-state index contributed by atoms with van der Waals surface area (Å²) in [4.78, 5) is 10.8. The van der Waals surface area contributed by atoms with Crippen molar-refractivity contribution >= 4 is 5.78 Å². The van der Waals surface area contributed by atoms with Crippen LogP contribution >= 0.6 is 0 Å². The van der Waals surface area contributed by atoms with Crippen LogP contribution in [0.15, 0.2) is 23.9 Å². The minimum Gasteiger partial charge on any atom is -0.399 e. The van der Waals surface area contributed by atoms with Gasteiger partial charge >= 0.3 is 0 Å². The Balaban J connectivity index is 2.82. The Morgan fingerprint density at radius 2 is 2.22 bits per heavy atom. The lowest BCUT2D eigenvalue weighted by Gasteiger charge is -2.06. The molecule has 0 amide bonds. The molecule has 1 atom stereocenters. The lowest BCUT2D eigenvalue weighted by atomic mass is 10.0. The van der Waals surface area contributed by atoms with Gasteiger partial charge in [-0.2, -0.15) is 0 Å². The van der Waals surface area contributed by atoms with E-state index in [1.807, 2.05) is 6.92 Å². The predicted octanol–water partition coefficient (Wildman–Crippen LogP) is 0.604. The molecule has 0 fully saturated rings. The molecular weight excluding hydrogens is 114 g/mol. The Hall–Kier alpha value is -1.05. The molecule has 1 rings (SSSR count). The third kappa shape index (κ3) is 1.19. The Labute approximate surface area is 54.0 Å². The predicted molar refractivity (Wildman–Crippen MR) is 35.6 cm³/mol. The molecule has 0 aromatic heterocycles. The molecule has 2 heteroatoms. The number of hydrogen-bond acceptors (Lipinski definition) is 2. The van der Waals surface area contributed by atoms with Crippen molar-refractivity contribution in [3.05, 3.63) is 23.9 Å². The zero-order valence-electron chi connectivity index (χ0n) is 5.29. The van der Waals surface area contributed by atoms with Gasteiger partial charge in [0, 0.05) is 11.6 Å². The number of nitrogens with two attached hydrogens (primary N) is 1. The molecule has 0 spiro atoms. The number of allylic oxidation sites excluding steroid dienone is 3. The number of rotatable bonds is 0. The van der Waals surface area contributed by atoms with E-state index in [0.29, 0.717) is 5.70 Å². The van der Waals surface area contributed by atoms with Crippen LogP contribution in [-0.2, 0) is 4.79 Å². The maximum atomic E-state index is 10.8. The Kier molecular flexibility index (Phi) is 1.39. The van der Waals surface area contributed by atoms with Gasteiger partial charge in [0.1, 0.15) is 0 Å². The molecule has 0 aromatic carbocycles. The molecule has 0 saturated heterocycles. The first-order valence-electron chi connectivity index (χ1n) is 2.89. The quantitative estimate of drug-likeness (QED) is 0.512. The van der Waals surface area contributed by atoms with Crippen LogP contribution in [0.1, 0.15) is 6.92 Å². The largest absolute Gasteiger partial charge is 0.399 e. The molecule has 0 radical (unpaired) electrons. The van der Waals surface area contributed by atoms with Crippen molar-refractivity contribution in [1.29, 1.82) is 0 Å². The Morgan fingerprint density at radius 1 is 1.56 bits per heavy atom. The Morgan fingerprint density at radius 3 is 2.67 bits per heavy atom. The second-order valence-electron chi connectivity index (χ2n) is 2.19. The van der Waals surface area contributed by atoms with E-state index in [1.54, 1.807) is 12.2 Å². The summed E-state index contributed by atoms with van der Waals surface area (Å²) in [5, 5.41) is 0. The van der Waals surface area contributed by atoms with Crippen molar-refractivity contribution in [1.82, 2.24) is 0 Å². The highest BCUT2D eigenvalue weighted by Gasteiger charge is 2.09. The molecule has 0 bridgehead atoms. The minimum absolute atomic E-state index is 0.0324. The van der Waals surface area contributed by atoms with Gasteiger partial charge in [-0.15, -0.1) is 0 Å². The average molecular weight is 123 g/mol. The van der Waals surface area contributed by atoms with E-state index in [2.05, 4.69) is 0 Å². The number of ketones is 1. The smallest absolute Gasteiger partial charge is 0.162 e. The third-order valence-corrected chi connectivity index (χ3v) is 1.33. The molecule has 1 aliphatic rings. The first-order valence-corrected chi connectivity index (χ1v) is 2.89. The number of carbonyl (C=O) groups excluding carboxylic acids is 1. The maximum Gasteiger partial charge on any atom is 0.162 e. The normalized spacial score (nSPS) is 26.1. The van der Waals surface area contributed by atoms with Crippen LogP contribution in [0.4, 0.5) is 0 Å². The van der Waals surface area contributed by atoms with Crippen molar-refractivity contribution in [2.24, 2.45) is 11.7 Å². The molecule has 2 nitrogen and oxygen atoms in total. The highest BCUT2D eigenvalue weighted by atomic mass is 16.1. The highest BCUT2D eigenvalue weighted by Crippen LogP contribution is 2.08. The van der Waals surface area contributed by atoms with Crippen LogP contribution in [-0.4, -0.2) is 5.78 Å². The lowest BCUT2D eigenvalue weighted by molar-refractivity contribution is -0.116. The summed E-state index contributed by atoms with van der Waals surface area (Å²) in [6, 6.07) is 0. The molecule has 0 heterocycles. The van der Waals surface area contributed by atoms with Gasteiger partial charge in [0.2, 0.25) is 0 Å². The van der Waals surface area contributed by atoms with Gasteiger partial charge < -0.3 is 5.73 Å². The number of carbonyl (C=O) groups is 1. The lowest BCUT2D eigenvalue weighted by Crippen LogP contribution is -2.11. The van der Waals surface area contributed by atoms with Crippen LogP contribution in [0.3, 0.4) is 0 Å². The van der Waals surface area contributed by atoms with Gasteiger partial charge in [-0.3, -0.25) is 4.79 Å². The summed E-state index contributed by atoms with van der Waals surface area (Å²) in [6.45, 7) is 1.83. The van der Waals surface area contributed by atoms with Crippen molar-refractivity contribution in [3.8, 4) is 0 Å². The monoisotopic (exact) mass is 123 g/mol. The van der Waals surface area contributed by atoms with Crippen LogP contribution in [0, 0.1) is 5.92 Å². The van der Waals surface area contributed by atoms with Gasteiger partial charge in [-0.1, -0.05) is 13.0 Å². The zero-order valence-corrected chi connectivity index (χ0v) is 5.29. The fourth-order valence-electron chi connectivity index (χ4n) is 0.757. The summed E-state index contributed by atoms with van der Waals surface area (Å²) in [5.41, 5.74) is 6.09. The summed E-state index contributed by atoms with van der Waals surface area (Å²) >= 11 is 0. The maximum absolute atomic E-state index is 10.8. The summed E-state index contributed by atoms with van der Waals surface area (Å²) < 4.78 is 0. The fourth-order valence-corrected chi connectivity index (χ4v) is 0.757. The van der Waals surface area contributed by atoms with Crippen LogP contribution in [0.2, 0.25) is 0 Å². The van der Waals surface area contributed by atoms with Gasteiger partial charge in [0.15, 0.2) is 5.78 Å². The third-order valence-electron chi connectivity index (χ3n) is 1.33. The molecule has 9 heavy (non-hydrogen) atoms. The van der Waals surface area contributed by atoms with Gasteiger partial charge in [0.05, 0.1) is 0 Å². The first kappa shape index (κ1) is 6.08. The molecule has 0 saturated carbocycles. The highest BCUT2D eigenvalue weighted by molar-refractivity contribution is 5.94. The van der Waals surface area contributed by atoms with Crippen LogP contribution in [0.25, 0.3) is 0 Å². The molecule has 1 aliphatic carbocycles. The number of hydrogen-bond donors (Lipinski definition) is 1. The van der Waals surface area contributed by atoms with Gasteiger partial charge in [-0.25, -0.2) is 0 Å². The summed E-state index contributed by atoms with van der Waals surface area (Å²) in [7, 11) is 0. The van der Waals surface area contributed by atoms with Crippen molar-refractivity contribution < 1.29 is 4.79 Å². The molecule has 2 N–H and O–H groups in total. The molecule has 0 aliphatic heterocycles. The minimum atomic E-state index is -0.0324. The second kappa shape index (κ2) is 2.05. The summed E-state index contributed by atoms with van der Waals surface area (Å²) in [5.74, 6) is 0.0965. The summed E-state index contributed by atoms with van der Waals surface area (Å²) in [6.07, 6.45) is 4.89. The molecule has 48 valence electrons. The average Bonchev–Trinajstić information content (AvgIpc) is 1.80.